The molecule has 0 radical (unpaired) electrons. The molecule has 4 nitrogen and oxygen atoms in total. The summed E-state index contributed by atoms with van der Waals surface area (Å²) in [4.78, 5) is 12.1. The number of alkyl halides is 3. The van der Waals surface area contributed by atoms with Crippen molar-refractivity contribution in [2.45, 2.75) is 25.9 Å². The monoisotopic (exact) mass is 288 g/mol. The second-order valence-corrected chi connectivity index (χ2v) is 5.13. The number of rotatable bonds is 2. The minimum absolute atomic E-state index is 0.273. The minimum atomic E-state index is -4.57. The summed E-state index contributed by atoms with van der Waals surface area (Å²) >= 11 is 0. The maximum Gasteiger partial charge on any atom is 0.416 e. The van der Waals surface area contributed by atoms with E-state index in [4.69, 9.17) is 0 Å². The minimum Gasteiger partial charge on any atom is -0.366 e. The number of halogens is 3. The quantitative estimate of drug-likeness (QED) is 0.613. The van der Waals surface area contributed by atoms with Crippen molar-refractivity contribution in [3.63, 3.8) is 0 Å². The number of hydrogen-bond acceptors (Lipinski definition) is 3. The van der Waals surface area contributed by atoms with Gasteiger partial charge in [-0.2, -0.15) is 13.2 Å². The van der Waals surface area contributed by atoms with Crippen LogP contribution in [0.2, 0.25) is 0 Å². The molecule has 1 aliphatic rings. The Morgan fingerprint density at radius 2 is 1.90 bits per heavy atom. The van der Waals surface area contributed by atoms with Gasteiger partial charge in [-0.25, -0.2) is 0 Å². The van der Waals surface area contributed by atoms with Crippen LogP contribution in [0.3, 0.4) is 0 Å². The number of piperidine rings is 1. The van der Waals surface area contributed by atoms with E-state index in [1.807, 2.05) is 0 Å². The summed E-state index contributed by atoms with van der Waals surface area (Å²) in [5, 5.41) is 11.0. The molecule has 2 rings (SSSR count). The molecule has 0 N–H and O–H groups in total. The first-order valence-corrected chi connectivity index (χ1v) is 6.39. The molecule has 1 aliphatic heterocycles. The summed E-state index contributed by atoms with van der Waals surface area (Å²) in [5.41, 5.74) is -1.19. The van der Waals surface area contributed by atoms with Crippen molar-refractivity contribution in [3.05, 3.63) is 33.9 Å². The van der Waals surface area contributed by atoms with E-state index in [2.05, 4.69) is 6.92 Å². The highest BCUT2D eigenvalue weighted by Crippen LogP contribution is 2.37. The molecule has 0 saturated carbocycles. The second kappa shape index (κ2) is 5.30. The Kier molecular flexibility index (Phi) is 3.87. The summed E-state index contributed by atoms with van der Waals surface area (Å²) < 4.78 is 37.9. The Balaban J connectivity index is 2.36. The fourth-order valence-electron chi connectivity index (χ4n) is 2.36. The summed E-state index contributed by atoms with van der Waals surface area (Å²) in [7, 11) is 0. The molecule has 0 aliphatic carbocycles. The van der Waals surface area contributed by atoms with Crippen molar-refractivity contribution in [1.29, 1.82) is 0 Å². The molecule has 0 bridgehead atoms. The van der Waals surface area contributed by atoms with E-state index in [-0.39, 0.29) is 5.69 Å². The lowest BCUT2D eigenvalue weighted by Crippen LogP contribution is -2.33. The number of anilines is 1. The third-order valence-electron chi connectivity index (χ3n) is 3.62. The Morgan fingerprint density at radius 1 is 1.30 bits per heavy atom. The highest BCUT2D eigenvalue weighted by molar-refractivity contribution is 5.64. The Hall–Kier alpha value is -1.79. The van der Waals surface area contributed by atoms with Gasteiger partial charge in [0.25, 0.3) is 5.69 Å². The van der Waals surface area contributed by atoms with Gasteiger partial charge in [-0.1, -0.05) is 6.92 Å². The normalized spacial score (nSPS) is 17.3. The molecule has 1 heterocycles. The van der Waals surface area contributed by atoms with Crippen LogP contribution in [0.25, 0.3) is 0 Å². The van der Waals surface area contributed by atoms with Crippen LogP contribution in [0.4, 0.5) is 24.5 Å². The molecule has 0 spiro atoms. The SMILES string of the molecule is CC1CCN(c2ccc(C(F)(F)F)cc2[N+](=O)[O-])CC1. The summed E-state index contributed by atoms with van der Waals surface area (Å²) in [6.45, 7) is 3.36. The molecule has 1 aromatic carbocycles. The topological polar surface area (TPSA) is 46.4 Å². The number of benzene rings is 1. The summed E-state index contributed by atoms with van der Waals surface area (Å²) in [6, 6.07) is 2.73. The predicted octanol–water partition coefficient (Wildman–Crippen LogP) is 3.85. The molecule has 0 atom stereocenters. The summed E-state index contributed by atoms with van der Waals surface area (Å²) in [5.74, 6) is 0.541. The molecule has 0 aromatic heterocycles. The van der Waals surface area contributed by atoms with Gasteiger partial charge in [0.2, 0.25) is 0 Å². The highest BCUT2D eigenvalue weighted by atomic mass is 19.4. The van der Waals surface area contributed by atoms with Gasteiger partial charge in [-0.05, 0) is 30.9 Å². The second-order valence-electron chi connectivity index (χ2n) is 5.13. The number of nitro groups is 1. The van der Waals surface area contributed by atoms with Gasteiger partial charge in [-0.15, -0.1) is 0 Å². The number of nitro benzene ring substituents is 1. The number of hydrogen-bond donors (Lipinski definition) is 0. The number of nitrogens with zero attached hydrogens (tertiary/aromatic N) is 2. The van der Waals surface area contributed by atoms with Crippen molar-refractivity contribution >= 4 is 11.4 Å². The van der Waals surface area contributed by atoms with Crippen LogP contribution in [-0.4, -0.2) is 18.0 Å². The zero-order valence-corrected chi connectivity index (χ0v) is 11.0. The molecule has 1 saturated heterocycles. The lowest BCUT2D eigenvalue weighted by Gasteiger charge is -2.31. The molecule has 1 aromatic rings. The average Bonchev–Trinajstić information content (AvgIpc) is 2.38. The van der Waals surface area contributed by atoms with Crippen molar-refractivity contribution in [3.8, 4) is 0 Å². The van der Waals surface area contributed by atoms with Gasteiger partial charge < -0.3 is 4.90 Å². The Morgan fingerprint density at radius 3 is 2.40 bits per heavy atom. The van der Waals surface area contributed by atoms with E-state index in [9.17, 15) is 23.3 Å². The molecule has 1 fully saturated rings. The molecule has 0 amide bonds. The van der Waals surface area contributed by atoms with Gasteiger partial charge in [0, 0.05) is 19.2 Å². The average molecular weight is 288 g/mol. The third-order valence-corrected chi connectivity index (χ3v) is 3.62. The summed E-state index contributed by atoms with van der Waals surface area (Å²) in [6.07, 6.45) is -2.80. The van der Waals surface area contributed by atoms with Gasteiger partial charge in [0.05, 0.1) is 10.5 Å². The maximum atomic E-state index is 12.6. The van der Waals surface area contributed by atoms with Gasteiger partial charge in [0.1, 0.15) is 5.69 Å². The van der Waals surface area contributed by atoms with E-state index in [0.29, 0.717) is 25.1 Å². The van der Waals surface area contributed by atoms with E-state index < -0.39 is 22.4 Å². The Labute approximate surface area is 114 Å². The largest absolute Gasteiger partial charge is 0.416 e. The zero-order valence-electron chi connectivity index (χ0n) is 11.0. The van der Waals surface area contributed by atoms with Crippen LogP contribution in [0.5, 0.6) is 0 Å². The third kappa shape index (κ3) is 3.02. The lowest BCUT2D eigenvalue weighted by molar-refractivity contribution is -0.384. The van der Waals surface area contributed by atoms with E-state index in [0.717, 1.165) is 18.9 Å². The van der Waals surface area contributed by atoms with E-state index >= 15 is 0 Å². The molecular formula is C13H15F3N2O2. The van der Waals surface area contributed by atoms with Crippen molar-refractivity contribution in [1.82, 2.24) is 0 Å². The van der Waals surface area contributed by atoms with Crippen molar-refractivity contribution < 1.29 is 18.1 Å². The highest BCUT2D eigenvalue weighted by Gasteiger charge is 2.34. The maximum absolute atomic E-state index is 12.6. The first kappa shape index (κ1) is 14.6. The van der Waals surface area contributed by atoms with Gasteiger partial charge in [0.15, 0.2) is 0 Å². The van der Waals surface area contributed by atoms with Gasteiger partial charge in [-0.3, -0.25) is 10.1 Å². The van der Waals surface area contributed by atoms with Crippen molar-refractivity contribution in [2.75, 3.05) is 18.0 Å². The smallest absolute Gasteiger partial charge is 0.366 e. The predicted molar refractivity (Wildman–Crippen MR) is 68.7 cm³/mol. The zero-order chi connectivity index (χ0) is 14.9. The Bertz CT molecular complexity index is 509. The lowest BCUT2D eigenvalue weighted by atomic mass is 9.98. The van der Waals surface area contributed by atoms with Crippen LogP contribution in [-0.2, 0) is 6.18 Å². The van der Waals surface area contributed by atoms with Crippen LogP contribution in [0.15, 0.2) is 18.2 Å². The fraction of sp³-hybridized carbons (Fsp3) is 0.538. The van der Waals surface area contributed by atoms with Crippen LogP contribution in [0, 0.1) is 16.0 Å². The molecule has 110 valence electrons. The van der Waals surface area contributed by atoms with Crippen molar-refractivity contribution in [2.24, 2.45) is 5.92 Å². The molecule has 7 heteroatoms. The van der Waals surface area contributed by atoms with E-state index in [1.54, 1.807) is 4.90 Å². The van der Waals surface area contributed by atoms with Crippen LogP contribution >= 0.6 is 0 Å². The van der Waals surface area contributed by atoms with Gasteiger partial charge >= 0.3 is 6.18 Å². The first-order chi connectivity index (χ1) is 9.29. The van der Waals surface area contributed by atoms with Crippen LogP contribution in [0.1, 0.15) is 25.3 Å². The first-order valence-electron chi connectivity index (χ1n) is 6.39. The standard InChI is InChI=1S/C13H15F3N2O2/c1-9-4-6-17(7-5-9)11-3-2-10(13(14,15)16)8-12(11)18(19)20/h2-3,8-9H,4-7H2,1H3. The van der Waals surface area contributed by atoms with E-state index in [1.165, 1.54) is 6.07 Å². The van der Waals surface area contributed by atoms with Crippen LogP contribution < -0.4 is 4.90 Å². The molecular weight excluding hydrogens is 273 g/mol. The molecule has 0 unspecified atom stereocenters. The fourth-order valence-corrected chi connectivity index (χ4v) is 2.36. The molecule has 20 heavy (non-hydrogen) atoms.